The second-order valence-electron chi connectivity index (χ2n) is 8.18. The van der Waals surface area contributed by atoms with Gasteiger partial charge in [0.05, 0.1) is 0 Å². The molecule has 0 aliphatic rings. The molecule has 0 radical (unpaired) electrons. The van der Waals surface area contributed by atoms with E-state index in [4.69, 9.17) is 5.73 Å². The third-order valence-corrected chi connectivity index (χ3v) is 5.86. The summed E-state index contributed by atoms with van der Waals surface area (Å²) in [5, 5.41) is 0. The number of nitrogens with zero attached hydrogens (tertiary/aromatic N) is 2. The molecule has 0 spiro atoms. The van der Waals surface area contributed by atoms with Gasteiger partial charge in [-0.3, -0.25) is 0 Å². The zero-order valence-electron chi connectivity index (χ0n) is 18.7. The second-order valence-corrected chi connectivity index (χ2v) is 8.18. The Balaban J connectivity index is 1.53. The number of rotatable bonds is 14. The van der Waals surface area contributed by atoms with E-state index in [2.05, 4.69) is 101 Å². The van der Waals surface area contributed by atoms with Gasteiger partial charge in [-0.2, -0.15) is 0 Å². The van der Waals surface area contributed by atoms with Crippen molar-refractivity contribution in [2.24, 2.45) is 5.73 Å². The number of hydrogen-bond donors (Lipinski definition) is 1. The van der Waals surface area contributed by atoms with Crippen molar-refractivity contribution in [2.45, 2.75) is 19.3 Å². The van der Waals surface area contributed by atoms with Crippen LogP contribution in [0.2, 0.25) is 0 Å². The summed E-state index contributed by atoms with van der Waals surface area (Å²) in [5.74, 6) is 0. The maximum Gasteiger partial charge on any atom is 0.0110 e. The van der Waals surface area contributed by atoms with Gasteiger partial charge in [-0.25, -0.2) is 0 Å². The summed E-state index contributed by atoms with van der Waals surface area (Å²) >= 11 is 0. The van der Waals surface area contributed by atoms with Gasteiger partial charge in [0.15, 0.2) is 0 Å². The summed E-state index contributed by atoms with van der Waals surface area (Å²) < 4.78 is 0. The van der Waals surface area contributed by atoms with Gasteiger partial charge < -0.3 is 15.5 Å². The smallest absolute Gasteiger partial charge is 0.0110 e. The van der Waals surface area contributed by atoms with Crippen LogP contribution < -0.4 is 5.73 Å². The molecule has 0 amide bonds. The van der Waals surface area contributed by atoms with E-state index in [1.165, 1.54) is 16.7 Å². The Bertz CT molecular complexity index is 777. The molecular formula is C28H37N3. The predicted molar refractivity (Wildman–Crippen MR) is 132 cm³/mol. The van der Waals surface area contributed by atoms with Crippen LogP contribution in [0.4, 0.5) is 0 Å². The van der Waals surface area contributed by atoms with Gasteiger partial charge in [0, 0.05) is 45.8 Å². The maximum atomic E-state index is 5.92. The van der Waals surface area contributed by atoms with E-state index in [-0.39, 0.29) is 0 Å². The minimum Gasteiger partial charge on any atom is -0.329 e. The molecule has 2 N–H and O–H groups in total. The molecule has 0 unspecified atom stereocenters. The van der Waals surface area contributed by atoms with E-state index in [9.17, 15) is 0 Å². The normalized spacial score (nSPS) is 11.3. The maximum absolute atomic E-state index is 5.92. The number of hydrogen-bond acceptors (Lipinski definition) is 3. The zero-order valence-corrected chi connectivity index (χ0v) is 18.7. The van der Waals surface area contributed by atoms with E-state index < -0.39 is 0 Å². The van der Waals surface area contributed by atoms with Crippen LogP contribution in [0.5, 0.6) is 0 Å². The van der Waals surface area contributed by atoms with E-state index in [1.807, 2.05) is 0 Å². The third kappa shape index (κ3) is 9.06. The summed E-state index contributed by atoms with van der Waals surface area (Å²) in [4.78, 5) is 5.14. The Labute approximate surface area is 188 Å². The SMILES string of the molecule is NCCN(CCc1ccccc1)CCN(CCc1ccccc1)CCc1ccccc1. The quantitative estimate of drug-likeness (QED) is 0.427. The van der Waals surface area contributed by atoms with Gasteiger partial charge in [0.2, 0.25) is 0 Å². The van der Waals surface area contributed by atoms with Gasteiger partial charge in [-0.1, -0.05) is 91.0 Å². The molecule has 0 atom stereocenters. The average Bonchev–Trinajstić information content (AvgIpc) is 2.84. The first-order chi connectivity index (χ1) is 15.3. The fourth-order valence-corrected chi connectivity index (χ4v) is 3.93. The Hall–Kier alpha value is -2.46. The lowest BCUT2D eigenvalue weighted by molar-refractivity contribution is 0.209. The lowest BCUT2D eigenvalue weighted by Gasteiger charge is -2.28. The minimum absolute atomic E-state index is 0.711. The highest BCUT2D eigenvalue weighted by Crippen LogP contribution is 2.06. The highest BCUT2D eigenvalue weighted by Gasteiger charge is 2.10. The topological polar surface area (TPSA) is 32.5 Å². The van der Waals surface area contributed by atoms with Crippen LogP contribution in [0.25, 0.3) is 0 Å². The fraction of sp³-hybridized carbons (Fsp3) is 0.357. The van der Waals surface area contributed by atoms with E-state index in [0.717, 1.165) is 58.5 Å². The van der Waals surface area contributed by atoms with Crippen molar-refractivity contribution >= 4 is 0 Å². The van der Waals surface area contributed by atoms with E-state index in [0.29, 0.717) is 6.54 Å². The molecule has 0 heterocycles. The molecule has 3 heteroatoms. The van der Waals surface area contributed by atoms with E-state index >= 15 is 0 Å². The molecule has 0 saturated carbocycles. The average molecular weight is 416 g/mol. The van der Waals surface area contributed by atoms with Gasteiger partial charge in [-0.05, 0) is 36.0 Å². The second kappa shape index (κ2) is 13.8. The van der Waals surface area contributed by atoms with Crippen LogP contribution in [0.1, 0.15) is 16.7 Å². The molecule has 0 saturated heterocycles. The third-order valence-electron chi connectivity index (χ3n) is 5.86. The van der Waals surface area contributed by atoms with Crippen LogP contribution in [-0.2, 0) is 19.3 Å². The van der Waals surface area contributed by atoms with Crippen LogP contribution in [-0.4, -0.2) is 55.6 Å². The van der Waals surface area contributed by atoms with Crippen LogP contribution in [0.15, 0.2) is 91.0 Å². The van der Waals surface area contributed by atoms with Crippen molar-refractivity contribution in [1.82, 2.24) is 9.80 Å². The van der Waals surface area contributed by atoms with Gasteiger partial charge in [0.25, 0.3) is 0 Å². The van der Waals surface area contributed by atoms with Gasteiger partial charge in [-0.15, -0.1) is 0 Å². The predicted octanol–water partition coefficient (Wildman–Crippen LogP) is 4.28. The summed E-state index contributed by atoms with van der Waals surface area (Å²) in [5.41, 5.74) is 10.1. The van der Waals surface area contributed by atoms with Crippen molar-refractivity contribution in [3.8, 4) is 0 Å². The molecule has 0 aliphatic carbocycles. The summed E-state index contributed by atoms with van der Waals surface area (Å²) in [6.07, 6.45) is 3.27. The van der Waals surface area contributed by atoms with Crippen molar-refractivity contribution < 1.29 is 0 Å². The lowest BCUT2D eigenvalue weighted by atomic mass is 10.1. The fourth-order valence-electron chi connectivity index (χ4n) is 3.93. The Kier molecular flexibility index (Phi) is 10.3. The molecule has 3 aromatic carbocycles. The molecule has 0 fully saturated rings. The Morgan fingerprint density at radius 3 is 1.06 bits per heavy atom. The Morgan fingerprint density at radius 2 is 0.742 bits per heavy atom. The minimum atomic E-state index is 0.711. The lowest BCUT2D eigenvalue weighted by Crippen LogP contribution is -2.40. The summed E-state index contributed by atoms with van der Waals surface area (Å²) in [7, 11) is 0. The monoisotopic (exact) mass is 415 g/mol. The largest absolute Gasteiger partial charge is 0.329 e. The van der Waals surface area contributed by atoms with Crippen molar-refractivity contribution in [1.29, 1.82) is 0 Å². The van der Waals surface area contributed by atoms with Crippen molar-refractivity contribution in [2.75, 3.05) is 45.8 Å². The molecule has 3 nitrogen and oxygen atoms in total. The van der Waals surface area contributed by atoms with Crippen molar-refractivity contribution in [3.05, 3.63) is 108 Å². The van der Waals surface area contributed by atoms with Crippen LogP contribution in [0, 0.1) is 0 Å². The number of benzene rings is 3. The highest BCUT2D eigenvalue weighted by atomic mass is 15.2. The molecular weight excluding hydrogens is 378 g/mol. The first-order valence-electron chi connectivity index (χ1n) is 11.6. The van der Waals surface area contributed by atoms with Gasteiger partial charge in [0.1, 0.15) is 0 Å². The molecule has 3 aromatic rings. The Morgan fingerprint density at radius 1 is 0.419 bits per heavy atom. The zero-order chi connectivity index (χ0) is 21.6. The van der Waals surface area contributed by atoms with Crippen LogP contribution >= 0.6 is 0 Å². The molecule has 0 aliphatic heterocycles. The summed E-state index contributed by atoms with van der Waals surface area (Å²) in [6, 6.07) is 32.4. The molecule has 164 valence electrons. The molecule has 0 bridgehead atoms. The molecule has 0 aromatic heterocycles. The van der Waals surface area contributed by atoms with E-state index in [1.54, 1.807) is 0 Å². The van der Waals surface area contributed by atoms with Gasteiger partial charge >= 0.3 is 0 Å². The molecule has 3 rings (SSSR count). The first-order valence-corrected chi connectivity index (χ1v) is 11.6. The summed E-state index contributed by atoms with van der Waals surface area (Å²) in [6.45, 7) is 7.05. The standard InChI is InChI=1S/C28H37N3/c29-19-23-31(22-18-28-14-8-3-9-15-28)25-24-30(20-16-26-10-4-1-5-11-26)21-17-27-12-6-2-7-13-27/h1-15H,16-25,29H2. The van der Waals surface area contributed by atoms with Crippen molar-refractivity contribution in [3.63, 3.8) is 0 Å². The first kappa shape index (κ1) is 23.2. The molecule has 31 heavy (non-hydrogen) atoms. The highest BCUT2D eigenvalue weighted by molar-refractivity contribution is 5.16. The van der Waals surface area contributed by atoms with Crippen LogP contribution in [0.3, 0.4) is 0 Å². The number of nitrogens with two attached hydrogens (primary N) is 1.